The summed E-state index contributed by atoms with van der Waals surface area (Å²) in [5, 5.41) is 9.93. The number of nitrogens with one attached hydrogen (secondary N) is 2. The molecule has 0 saturated carbocycles. The molecular weight excluding hydrogens is 386 g/mol. The number of H-pyrrole nitrogens is 1. The second-order valence-corrected chi connectivity index (χ2v) is 6.86. The van der Waals surface area contributed by atoms with Gasteiger partial charge in [-0.3, -0.25) is 14.9 Å². The molecule has 0 unspecified atom stereocenters. The minimum Gasteiger partial charge on any atom is -0.348 e. The van der Waals surface area contributed by atoms with Crippen molar-refractivity contribution in [2.75, 3.05) is 0 Å². The molecule has 1 amide bonds. The lowest BCUT2D eigenvalue weighted by atomic mass is 9.99. The first-order chi connectivity index (χ1) is 14.5. The van der Waals surface area contributed by atoms with E-state index in [2.05, 4.69) is 20.5 Å². The number of aryl methyl sites for hydroxylation is 1. The third-order valence-corrected chi connectivity index (χ3v) is 4.83. The van der Waals surface area contributed by atoms with Crippen molar-refractivity contribution in [2.45, 2.75) is 13.5 Å². The van der Waals surface area contributed by atoms with Gasteiger partial charge >= 0.3 is 0 Å². The second kappa shape index (κ2) is 8.24. The van der Waals surface area contributed by atoms with Gasteiger partial charge in [0.1, 0.15) is 0 Å². The van der Waals surface area contributed by atoms with Crippen molar-refractivity contribution in [3.8, 4) is 22.4 Å². The van der Waals surface area contributed by atoms with E-state index in [9.17, 15) is 13.6 Å². The topological polar surface area (TPSA) is 70.7 Å². The molecule has 2 aromatic heterocycles. The van der Waals surface area contributed by atoms with Crippen LogP contribution in [-0.4, -0.2) is 21.1 Å². The minimum atomic E-state index is -1.05. The van der Waals surface area contributed by atoms with Gasteiger partial charge in [0.05, 0.1) is 11.9 Å². The van der Waals surface area contributed by atoms with Crippen LogP contribution < -0.4 is 5.32 Å². The number of rotatable bonds is 5. The summed E-state index contributed by atoms with van der Waals surface area (Å²) in [4.78, 5) is 16.3. The summed E-state index contributed by atoms with van der Waals surface area (Å²) in [6.07, 6.45) is 5.34. The Bertz CT molecular complexity index is 1200. The van der Waals surface area contributed by atoms with E-state index in [1.807, 2.05) is 43.5 Å². The van der Waals surface area contributed by atoms with Crippen LogP contribution in [0.1, 0.15) is 21.5 Å². The van der Waals surface area contributed by atoms with Gasteiger partial charge in [-0.1, -0.05) is 24.3 Å². The molecule has 7 heteroatoms. The zero-order valence-electron chi connectivity index (χ0n) is 16.1. The Morgan fingerprint density at radius 2 is 1.80 bits per heavy atom. The van der Waals surface area contributed by atoms with Gasteiger partial charge in [0.2, 0.25) is 0 Å². The third kappa shape index (κ3) is 3.96. The molecule has 0 aliphatic heterocycles. The largest absolute Gasteiger partial charge is 0.348 e. The average Bonchev–Trinajstić information content (AvgIpc) is 3.24. The van der Waals surface area contributed by atoms with Crippen LogP contribution in [0.3, 0.4) is 0 Å². The molecule has 0 bridgehead atoms. The van der Waals surface area contributed by atoms with E-state index < -0.39 is 17.5 Å². The predicted octanol–water partition coefficient (Wildman–Crippen LogP) is 4.66. The lowest BCUT2D eigenvalue weighted by molar-refractivity contribution is 0.0950. The Hall–Kier alpha value is -3.87. The number of carbonyl (C=O) groups excluding carboxylic acids is 1. The van der Waals surface area contributed by atoms with Gasteiger partial charge in [0, 0.05) is 35.6 Å². The van der Waals surface area contributed by atoms with Crippen molar-refractivity contribution < 1.29 is 13.6 Å². The molecule has 2 N–H and O–H groups in total. The van der Waals surface area contributed by atoms with Gasteiger partial charge in [-0.15, -0.1) is 0 Å². The van der Waals surface area contributed by atoms with Gasteiger partial charge in [0.25, 0.3) is 5.91 Å². The van der Waals surface area contributed by atoms with Gasteiger partial charge in [-0.2, -0.15) is 5.10 Å². The van der Waals surface area contributed by atoms with Crippen LogP contribution in [0.25, 0.3) is 22.4 Å². The summed E-state index contributed by atoms with van der Waals surface area (Å²) >= 11 is 0. The fourth-order valence-electron chi connectivity index (χ4n) is 3.20. The summed E-state index contributed by atoms with van der Waals surface area (Å²) < 4.78 is 26.3. The zero-order chi connectivity index (χ0) is 21.1. The molecule has 30 heavy (non-hydrogen) atoms. The summed E-state index contributed by atoms with van der Waals surface area (Å²) in [5.41, 5.74) is 5.87. The van der Waals surface area contributed by atoms with Gasteiger partial charge in [-0.25, -0.2) is 8.78 Å². The highest BCUT2D eigenvalue weighted by Crippen LogP contribution is 2.31. The van der Waals surface area contributed by atoms with E-state index in [1.54, 1.807) is 12.4 Å². The number of aromatic nitrogens is 3. The fraction of sp³-hybridized carbons (Fsp3) is 0.0870. The van der Waals surface area contributed by atoms with Crippen LogP contribution in [0.2, 0.25) is 0 Å². The van der Waals surface area contributed by atoms with E-state index in [0.717, 1.165) is 45.6 Å². The maximum Gasteiger partial charge on any atom is 0.251 e. The maximum atomic E-state index is 13.3. The molecule has 0 radical (unpaired) electrons. The molecule has 0 fully saturated rings. The van der Waals surface area contributed by atoms with Gasteiger partial charge in [-0.05, 0) is 47.9 Å². The minimum absolute atomic E-state index is 0.0698. The number of aromatic amines is 1. The highest BCUT2D eigenvalue weighted by Gasteiger charge is 2.13. The Kier molecular flexibility index (Phi) is 5.34. The smallest absolute Gasteiger partial charge is 0.251 e. The molecule has 5 nitrogen and oxygen atoms in total. The molecule has 4 rings (SSSR count). The Morgan fingerprint density at radius 3 is 2.53 bits per heavy atom. The average molecular weight is 404 g/mol. The quantitative estimate of drug-likeness (QED) is 0.508. The number of carbonyl (C=O) groups is 1. The summed E-state index contributed by atoms with van der Waals surface area (Å²) in [6.45, 7) is 2.26. The van der Waals surface area contributed by atoms with Gasteiger partial charge < -0.3 is 5.32 Å². The van der Waals surface area contributed by atoms with Crippen LogP contribution in [0.5, 0.6) is 0 Å². The van der Waals surface area contributed by atoms with Crippen molar-refractivity contribution in [1.29, 1.82) is 0 Å². The summed E-state index contributed by atoms with van der Waals surface area (Å²) in [5.74, 6) is -2.50. The normalized spacial score (nSPS) is 10.8. The number of pyridine rings is 1. The molecule has 150 valence electrons. The van der Waals surface area contributed by atoms with Crippen molar-refractivity contribution in [2.24, 2.45) is 0 Å². The molecule has 0 aliphatic rings. The Labute approximate surface area is 171 Å². The number of halogens is 2. The van der Waals surface area contributed by atoms with Crippen LogP contribution in [-0.2, 0) is 6.54 Å². The van der Waals surface area contributed by atoms with Crippen molar-refractivity contribution in [3.63, 3.8) is 0 Å². The highest BCUT2D eigenvalue weighted by molar-refractivity contribution is 5.94. The number of amides is 1. The molecule has 2 heterocycles. The van der Waals surface area contributed by atoms with E-state index >= 15 is 0 Å². The van der Waals surface area contributed by atoms with Crippen LogP contribution in [0.4, 0.5) is 8.78 Å². The van der Waals surface area contributed by atoms with Crippen LogP contribution >= 0.6 is 0 Å². The number of hydrogen-bond donors (Lipinski definition) is 2. The predicted molar refractivity (Wildman–Crippen MR) is 110 cm³/mol. The van der Waals surface area contributed by atoms with Crippen molar-refractivity contribution in [1.82, 2.24) is 20.5 Å². The summed E-state index contributed by atoms with van der Waals surface area (Å²) in [6, 6.07) is 12.7. The Balaban J connectivity index is 1.48. The molecule has 0 saturated heterocycles. The van der Waals surface area contributed by atoms with Crippen LogP contribution in [0.15, 0.2) is 67.1 Å². The lowest BCUT2D eigenvalue weighted by Crippen LogP contribution is -2.22. The summed E-state index contributed by atoms with van der Waals surface area (Å²) in [7, 11) is 0. The number of hydrogen-bond acceptors (Lipinski definition) is 3. The third-order valence-electron chi connectivity index (χ3n) is 4.83. The van der Waals surface area contributed by atoms with Crippen LogP contribution in [0, 0.1) is 18.6 Å². The number of benzene rings is 2. The molecule has 0 spiro atoms. The SMILES string of the molecule is Cc1cnccc1-c1cn[nH]c1-c1ccc(CNC(=O)c2ccc(F)c(F)c2)cc1. The second-order valence-electron chi connectivity index (χ2n) is 6.86. The highest BCUT2D eigenvalue weighted by atomic mass is 19.2. The first kappa shape index (κ1) is 19.4. The first-order valence-electron chi connectivity index (χ1n) is 9.30. The molecule has 0 atom stereocenters. The van der Waals surface area contributed by atoms with E-state index in [0.29, 0.717) is 0 Å². The van der Waals surface area contributed by atoms with Crippen molar-refractivity contribution >= 4 is 5.91 Å². The standard InChI is InChI=1S/C23H18F2N4O/c1-14-11-26-9-8-18(14)19-13-28-29-22(19)16-4-2-15(3-5-16)12-27-23(30)17-6-7-20(24)21(25)10-17/h2-11,13H,12H2,1H3,(H,27,30)(H,28,29). The lowest BCUT2D eigenvalue weighted by Gasteiger charge is -2.09. The Morgan fingerprint density at radius 1 is 1.00 bits per heavy atom. The van der Waals surface area contributed by atoms with Gasteiger partial charge in [0.15, 0.2) is 11.6 Å². The van der Waals surface area contributed by atoms with Crippen molar-refractivity contribution in [3.05, 3.63) is 95.4 Å². The first-order valence-corrected chi connectivity index (χ1v) is 9.30. The zero-order valence-corrected chi connectivity index (χ0v) is 16.1. The fourth-order valence-corrected chi connectivity index (χ4v) is 3.20. The van der Waals surface area contributed by atoms with E-state index in [1.165, 1.54) is 6.07 Å². The monoisotopic (exact) mass is 404 g/mol. The molecular formula is C23H18F2N4O. The molecule has 4 aromatic rings. The molecule has 2 aromatic carbocycles. The van der Waals surface area contributed by atoms with E-state index in [4.69, 9.17) is 0 Å². The maximum absolute atomic E-state index is 13.3. The van der Waals surface area contributed by atoms with E-state index in [-0.39, 0.29) is 12.1 Å². The number of nitrogens with zero attached hydrogens (tertiary/aromatic N) is 2. The molecule has 0 aliphatic carbocycles.